The Labute approximate surface area is 198 Å². The van der Waals surface area contributed by atoms with Crippen LogP contribution in [0.1, 0.15) is 6.92 Å². The molecule has 8 heteroatoms. The van der Waals surface area contributed by atoms with Gasteiger partial charge in [-0.3, -0.25) is 9.52 Å². The monoisotopic (exact) mass is 476 g/mol. The van der Waals surface area contributed by atoms with Crippen molar-refractivity contribution in [2.75, 3.05) is 17.1 Å². The molecule has 2 N–H and O–H groups in total. The summed E-state index contributed by atoms with van der Waals surface area (Å²) in [4.78, 5) is 12.6. The number of anilines is 2. The van der Waals surface area contributed by atoms with Gasteiger partial charge >= 0.3 is 0 Å². The molecule has 0 spiro atoms. The average molecular weight is 477 g/mol. The van der Waals surface area contributed by atoms with Crippen molar-refractivity contribution in [1.82, 2.24) is 0 Å². The molecule has 4 aromatic carbocycles. The highest BCUT2D eigenvalue weighted by atomic mass is 32.2. The molecule has 0 aliphatic carbocycles. The second kappa shape index (κ2) is 9.84. The molecular weight excluding hydrogens is 452 g/mol. The lowest BCUT2D eigenvalue weighted by molar-refractivity contribution is -0.122. The SMILES string of the molecule is COc1cccc(OC(C)C(=O)Nc2ccc(S(=O)(=O)Nc3cccc4ccccc34)cc2)c1. The zero-order chi connectivity index (χ0) is 24.1. The smallest absolute Gasteiger partial charge is 0.265 e. The van der Waals surface area contributed by atoms with Crippen LogP contribution in [0.2, 0.25) is 0 Å². The number of rotatable bonds is 8. The number of fused-ring (bicyclic) bond motifs is 1. The van der Waals surface area contributed by atoms with E-state index in [0.717, 1.165) is 10.8 Å². The lowest BCUT2D eigenvalue weighted by Gasteiger charge is -2.15. The second-order valence-corrected chi connectivity index (χ2v) is 9.27. The number of benzene rings is 4. The van der Waals surface area contributed by atoms with Gasteiger partial charge in [0.25, 0.3) is 15.9 Å². The van der Waals surface area contributed by atoms with E-state index in [9.17, 15) is 13.2 Å². The van der Waals surface area contributed by atoms with Crippen LogP contribution in [0.5, 0.6) is 11.5 Å². The van der Waals surface area contributed by atoms with Gasteiger partial charge < -0.3 is 14.8 Å². The first-order valence-corrected chi connectivity index (χ1v) is 12.1. The van der Waals surface area contributed by atoms with Crippen LogP contribution in [0, 0.1) is 0 Å². The summed E-state index contributed by atoms with van der Waals surface area (Å²) < 4.78 is 39.3. The summed E-state index contributed by atoms with van der Waals surface area (Å²) in [6.07, 6.45) is -0.774. The first-order valence-electron chi connectivity index (χ1n) is 10.6. The molecule has 0 aromatic heterocycles. The minimum absolute atomic E-state index is 0.0825. The summed E-state index contributed by atoms with van der Waals surface area (Å²) >= 11 is 0. The standard InChI is InChI=1S/C26H24N2O5S/c1-18(33-22-10-6-9-21(17-22)32-2)26(29)27-20-13-15-23(16-14-20)34(30,31)28-25-12-5-8-19-7-3-4-11-24(19)25/h3-18,28H,1-2H3,(H,27,29). The van der Waals surface area contributed by atoms with Gasteiger partial charge in [-0.2, -0.15) is 0 Å². The minimum atomic E-state index is -3.81. The molecule has 0 aliphatic heterocycles. The molecule has 1 atom stereocenters. The summed E-state index contributed by atoms with van der Waals surface area (Å²) in [7, 11) is -2.26. The molecule has 1 amide bonds. The van der Waals surface area contributed by atoms with Crippen molar-refractivity contribution in [2.24, 2.45) is 0 Å². The Morgan fingerprint density at radius 2 is 1.53 bits per heavy atom. The van der Waals surface area contributed by atoms with Crippen molar-refractivity contribution in [1.29, 1.82) is 0 Å². The van der Waals surface area contributed by atoms with Gasteiger partial charge in [0.05, 0.1) is 17.7 Å². The number of amides is 1. The van der Waals surface area contributed by atoms with Crippen LogP contribution in [-0.4, -0.2) is 27.5 Å². The van der Waals surface area contributed by atoms with E-state index in [4.69, 9.17) is 9.47 Å². The fourth-order valence-corrected chi connectivity index (χ4v) is 4.49. The lowest BCUT2D eigenvalue weighted by atomic mass is 10.1. The number of hydrogen-bond acceptors (Lipinski definition) is 5. The third-order valence-electron chi connectivity index (χ3n) is 5.19. The molecule has 34 heavy (non-hydrogen) atoms. The van der Waals surface area contributed by atoms with Crippen LogP contribution >= 0.6 is 0 Å². The van der Waals surface area contributed by atoms with Crippen LogP contribution in [0.3, 0.4) is 0 Å². The van der Waals surface area contributed by atoms with Crippen LogP contribution in [0.4, 0.5) is 11.4 Å². The zero-order valence-electron chi connectivity index (χ0n) is 18.7. The first kappa shape index (κ1) is 23.1. The number of carbonyl (C=O) groups excluding carboxylic acids is 1. The molecule has 174 valence electrons. The number of methoxy groups -OCH3 is 1. The van der Waals surface area contributed by atoms with Gasteiger partial charge in [0.1, 0.15) is 11.5 Å². The van der Waals surface area contributed by atoms with Crippen LogP contribution in [-0.2, 0) is 14.8 Å². The zero-order valence-corrected chi connectivity index (χ0v) is 19.5. The second-order valence-electron chi connectivity index (χ2n) is 7.58. The van der Waals surface area contributed by atoms with E-state index < -0.39 is 16.1 Å². The van der Waals surface area contributed by atoms with E-state index in [1.807, 2.05) is 30.3 Å². The highest BCUT2D eigenvalue weighted by molar-refractivity contribution is 7.92. The number of carbonyl (C=O) groups is 1. The van der Waals surface area contributed by atoms with Gasteiger partial charge in [0.15, 0.2) is 6.10 Å². The Morgan fingerprint density at radius 1 is 0.853 bits per heavy atom. The van der Waals surface area contributed by atoms with Crippen molar-refractivity contribution in [3.8, 4) is 11.5 Å². The fourth-order valence-electron chi connectivity index (χ4n) is 3.41. The molecule has 1 unspecified atom stereocenters. The largest absolute Gasteiger partial charge is 0.497 e. The van der Waals surface area contributed by atoms with Crippen LogP contribution in [0.15, 0.2) is 95.9 Å². The Hall–Kier alpha value is -4.04. The molecule has 0 fully saturated rings. The van der Waals surface area contributed by atoms with Crippen LogP contribution in [0.25, 0.3) is 10.8 Å². The topological polar surface area (TPSA) is 93.7 Å². The van der Waals surface area contributed by atoms with Crippen LogP contribution < -0.4 is 19.5 Å². The molecule has 0 radical (unpaired) electrons. The van der Waals surface area contributed by atoms with Gasteiger partial charge in [0.2, 0.25) is 0 Å². The van der Waals surface area contributed by atoms with E-state index >= 15 is 0 Å². The number of nitrogens with one attached hydrogen (secondary N) is 2. The lowest BCUT2D eigenvalue weighted by Crippen LogP contribution is -2.30. The first-order chi connectivity index (χ1) is 16.4. The predicted molar refractivity (Wildman–Crippen MR) is 133 cm³/mol. The third kappa shape index (κ3) is 5.29. The third-order valence-corrected chi connectivity index (χ3v) is 6.57. The summed E-state index contributed by atoms with van der Waals surface area (Å²) in [6, 6.07) is 25.9. The van der Waals surface area contributed by atoms with Crippen molar-refractivity contribution in [2.45, 2.75) is 17.9 Å². The van der Waals surface area contributed by atoms with E-state index in [2.05, 4.69) is 10.0 Å². The highest BCUT2D eigenvalue weighted by Crippen LogP contribution is 2.26. The predicted octanol–water partition coefficient (Wildman–Crippen LogP) is 5.06. The molecule has 0 saturated heterocycles. The van der Waals surface area contributed by atoms with E-state index in [-0.39, 0.29) is 10.8 Å². The van der Waals surface area contributed by atoms with Gasteiger partial charge in [-0.25, -0.2) is 8.42 Å². The van der Waals surface area contributed by atoms with Crippen molar-refractivity contribution in [3.05, 3.63) is 91.0 Å². The van der Waals surface area contributed by atoms with Gasteiger partial charge in [-0.15, -0.1) is 0 Å². The van der Waals surface area contributed by atoms with Gasteiger partial charge in [-0.1, -0.05) is 42.5 Å². The molecule has 4 rings (SSSR count). The number of hydrogen-bond donors (Lipinski definition) is 2. The maximum absolute atomic E-state index is 12.9. The maximum Gasteiger partial charge on any atom is 0.265 e. The Balaban J connectivity index is 1.43. The highest BCUT2D eigenvalue weighted by Gasteiger charge is 2.18. The number of ether oxygens (including phenoxy) is 2. The van der Waals surface area contributed by atoms with E-state index in [1.165, 1.54) is 24.3 Å². The Bertz CT molecular complexity index is 1410. The summed E-state index contributed by atoms with van der Waals surface area (Å²) in [5.41, 5.74) is 0.953. The normalized spacial score (nSPS) is 12.1. The molecule has 0 saturated carbocycles. The van der Waals surface area contributed by atoms with Crippen molar-refractivity contribution >= 4 is 38.1 Å². The molecule has 0 bridgehead atoms. The fraction of sp³-hybridized carbons (Fsp3) is 0.115. The molecule has 0 aliphatic rings. The minimum Gasteiger partial charge on any atom is -0.497 e. The maximum atomic E-state index is 12.9. The molecular formula is C26H24N2O5S. The van der Waals surface area contributed by atoms with Crippen molar-refractivity contribution in [3.63, 3.8) is 0 Å². The number of sulfonamides is 1. The van der Waals surface area contributed by atoms with Crippen molar-refractivity contribution < 1.29 is 22.7 Å². The summed E-state index contributed by atoms with van der Waals surface area (Å²) in [5.74, 6) is 0.759. The van der Waals surface area contributed by atoms with Gasteiger partial charge in [0, 0.05) is 17.1 Å². The molecule has 0 heterocycles. The Kier molecular flexibility index (Phi) is 6.70. The van der Waals surface area contributed by atoms with E-state index in [1.54, 1.807) is 50.4 Å². The molecule has 7 nitrogen and oxygen atoms in total. The molecule has 4 aromatic rings. The van der Waals surface area contributed by atoms with E-state index in [0.29, 0.717) is 22.9 Å². The Morgan fingerprint density at radius 3 is 2.29 bits per heavy atom. The van der Waals surface area contributed by atoms with Gasteiger partial charge in [-0.05, 0) is 54.8 Å². The summed E-state index contributed by atoms with van der Waals surface area (Å²) in [6.45, 7) is 1.63. The summed E-state index contributed by atoms with van der Waals surface area (Å²) in [5, 5.41) is 4.48. The quantitative estimate of drug-likeness (QED) is 0.371. The average Bonchev–Trinajstić information content (AvgIpc) is 2.84.